The van der Waals surface area contributed by atoms with Crippen LogP contribution in [0, 0.1) is 5.92 Å². The molecule has 0 saturated carbocycles. The van der Waals surface area contributed by atoms with Gasteiger partial charge in [0.2, 0.25) is 0 Å². The molecule has 1 aromatic heterocycles. The number of hydrogen-bond donors (Lipinski definition) is 2. The van der Waals surface area contributed by atoms with Crippen LogP contribution in [0.3, 0.4) is 0 Å². The van der Waals surface area contributed by atoms with E-state index in [1.807, 2.05) is 0 Å². The molecule has 0 aromatic carbocycles. The standard InChI is InChI=1S/C14H18N2O4/c1-9(17)11-6-12(15-7-11)14(20)16-4-2-3-10(8-16)5-13(18)19/h6-7,10,15H,2-5,8H2,1H3,(H,18,19). The molecule has 0 radical (unpaired) electrons. The highest BCUT2D eigenvalue weighted by molar-refractivity contribution is 5.99. The molecule has 1 aliphatic heterocycles. The van der Waals surface area contributed by atoms with Crippen molar-refractivity contribution >= 4 is 17.7 Å². The van der Waals surface area contributed by atoms with Crippen LogP contribution >= 0.6 is 0 Å². The van der Waals surface area contributed by atoms with Gasteiger partial charge in [-0.05, 0) is 31.7 Å². The van der Waals surface area contributed by atoms with Crippen LogP contribution in [0.2, 0.25) is 0 Å². The van der Waals surface area contributed by atoms with Gasteiger partial charge in [0.1, 0.15) is 5.69 Å². The number of aromatic amines is 1. The van der Waals surface area contributed by atoms with Crippen molar-refractivity contribution in [3.63, 3.8) is 0 Å². The molecule has 0 bridgehead atoms. The zero-order valence-corrected chi connectivity index (χ0v) is 11.4. The van der Waals surface area contributed by atoms with Gasteiger partial charge in [-0.2, -0.15) is 0 Å². The van der Waals surface area contributed by atoms with Gasteiger partial charge in [0, 0.05) is 31.3 Å². The van der Waals surface area contributed by atoms with Crippen LogP contribution in [0.4, 0.5) is 0 Å². The van der Waals surface area contributed by atoms with Gasteiger partial charge in [0.25, 0.3) is 5.91 Å². The van der Waals surface area contributed by atoms with Gasteiger partial charge < -0.3 is 15.0 Å². The SMILES string of the molecule is CC(=O)c1c[nH]c(C(=O)N2CCCC(CC(=O)O)C2)c1. The first kappa shape index (κ1) is 14.3. The predicted molar refractivity (Wildman–Crippen MR) is 71.7 cm³/mol. The van der Waals surface area contributed by atoms with Crippen LogP contribution in [-0.4, -0.2) is 45.7 Å². The predicted octanol–water partition coefficient (Wildman–Crippen LogP) is 1.54. The smallest absolute Gasteiger partial charge is 0.303 e. The number of nitrogens with one attached hydrogen (secondary N) is 1. The summed E-state index contributed by atoms with van der Waals surface area (Å²) in [6.07, 6.45) is 3.25. The van der Waals surface area contributed by atoms with E-state index in [1.165, 1.54) is 13.1 Å². The van der Waals surface area contributed by atoms with E-state index in [0.29, 0.717) is 24.3 Å². The molecule has 0 spiro atoms. The largest absolute Gasteiger partial charge is 0.481 e. The van der Waals surface area contributed by atoms with Gasteiger partial charge in [0.15, 0.2) is 5.78 Å². The summed E-state index contributed by atoms with van der Waals surface area (Å²) in [5.41, 5.74) is 0.860. The van der Waals surface area contributed by atoms with E-state index in [9.17, 15) is 14.4 Å². The molecule has 2 rings (SSSR count). The van der Waals surface area contributed by atoms with E-state index in [4.69, 9.17) is 5.11 Å². The Hall–Kier alpha value is -2.11. The Kier molecular flexibility index (Phi) is 4.22. The van der Waals surface area contributed by atoms with E-state index < -0.39 is 5.97 Å². The molecule has 6 nitrogen and oxygen atoms in total. The lowest BCUT2D eigenvalue weighted by Crippen LogP contribution is -2.40. The highest BCUT2D eigenvalue weighted by Crippen LogP contribution is 2.21. The lowest BCUT2D eigenvalue weighted by molar-refractivity contribution is -0.138. The monoisotopic (exact) mass is 278 g/mol. The number of amides is 1. The third kappa shape index (κ3) is 3.26. The molecule has 1 atom stereocenters. The number of aromatic nitrogens is 1. The Labute approximate surface area is 116 Å². The second kappa shape index (κ2) is 5.90. The number of ketones is 1. The second-order valence-electron chi connectivity index (χ2n) is 5.22. The van der Waals surface area contributed by atoms with Gasteiger partial charge in [-0.25, -0.2) is 0 Å². The minimum atomic E-state index is -0.831. The number of rotatable bonds is 4. The van der Waals surface area contributed by atoms with Gasteiger partial charge in [-0.15, -0.1) is 0 Å². The van der Waals surface area contributed by atoms with Crippen molar-refractivity contribution in [1.29, 1.82) is 0 Å². The lowest BCUT2D eigenvalue weighted by atomic mass is 9.94. The third-order valence-electron chi connectivity index (χ3n) is 3.59. The van der Waals surface area contributed by atoms with Crippen LogP contribution in [0.15, 0.2) is 12.3 Å². The quantitative estimate of drug-likeness (QED) is 0.817. The summed E-state index contributed by atoms with van der Waals surface area (Å²) in [5.74, 6) is -1.09. The molecule has 1 unspecified atom stereocenters. The van der Waals surface area contributed by atoms with Crippen molar-refractivity contribution in [3.8, 4) is 0 Å². The Morgan fingerprint density at radius 1 is 1.45 bits per heavy atom. The molecule has 2 N–H and O–H groups in total. The first-order valence-corrected chi connectivity index (χ1v) is 6.68. The lowest BCUT2D eigenvalue weighted by Gasteiger charge is -2.31. The van der Waals surface area contributed by atoms with Crippen LogP contribution < -0.4 is 0 Å². The molecular formula is C14H18N2O4. The number of H-pyrrole nitrogens is 1. The summed E-state index contributed by atoms with van der Waals surface area (Å²) in [6, 6.07) is 1.55. The Morgan fingerprint density at radius 2 is 2.20 bits per heavy atom. The van der Waals surface area contributed by atoms with E-state index in [1.54, 1.807) is 11.0 Å². The number of carbonyl (C=O) groups excluding carboxylic acids is 2. The summed E-state index contributed by atoms with van der Waals surface area (Å²) in [7, 11) is 0. The summed E-state index contributed by atoms with van der Waals surface area (Å²) >= 11 is 0. The number of carboxylic acid groups (broad SMARTS) is 1. The molecule has 20 heavy (non-hydrogen) atoms. The highest BCUT2D eigenvalue weighted by Gasteiger charge is 2.26. The van der Waals surface area contributed by atoms with Crippen LogP contribution in [0.25, 0.3) is 0 Å². The Morgan fingerprint density at radius 3 is 2.80 bits per heavy atom. The van der Waals surface area contributed by atoms with Crippen LogP contribution in [0.5, 0.6) is 0 Å². The number of aliphatic carboxylic acids is 1. The molecule has 1 saturated heterocycles. The maximum Gasteiger partial charge on any atom is 0.303 e. The molecule has 108 valence electrons. The third-order valence-corrected chi connectivity index (χ3v) is 3.59. The molecule has 1 aliphatic rings. The van der Waals surface area contributed by atoms with Crippen molar-refractivity contribution in [2.45, 2.75) is 26.2 Å². The van der Waals surface area contributed by atoms with Crippen molar-refractivity contribution in [1.82, 2.24) is 9.88 Å². The number of piperidine rings is 1. The maximum atomic E-state index is 12.3. The van der Waals surface area contributed by atoms with E-state index in [-0.39, 0.29) is 24.0 Å². The second-order valence-corrected chi connectivity index (χ2v) is 5.22. The molecule has 1 fully saturated rings. The molecular weight excluding hydrogens is 260 g/mol. The fraction of sp³-hybridized carbons (Fsp3) is 0.500. The minimum Gasteiger partial charge on any atom is -0.481 e. The first-order valence-electron chi connectivity index (χ1n) is 6.68. The molecule has 1 amide bonds. The topological polar surface area (TPSA) is 90.5 Å². The van der Waals surface area contributed by atoms with Crippen LogP contribution in [0.1, 0.15) is 47.0 Å². The minimum absolute atomic E-state index is 0.00689. The van der Waals surface area contributed by atoms with Gasteiger partial charge >= 0.3 is 5.97 Å². The van der Waals surface area contributed by atoms with Gasteiger partial charge in [0.05, 0.1) is 0 Å². The summed E-state index contributed by atoms with van der Waals surface area (Å²) < 4.78 is 0. The number of carboxylic acids is 1. The summed E-state index contributed by atoms with van der Waals surface area (Å²) in [4.78, 5) is 38.7. The molecule has 6 heteroatoms. The van der Waals surface area contributed by atoms with Crippen molar-refractivity contribution in [3.05, 3.63) is 23.5 Å². The molecule has 1 aromatic rings. The normalized spacial score (nSPS) is 18.9. The zero-order valence-electron chi connectivity index (χ0n) is 11.4. The van der Waals surface area contributed by atoms with E-state index >= 15 is 0 Å². The fourth-order valence-electron chi connectivity index (χ4n) is 2.55. The van der Waals surface area contributed by atoms with Gasteiger partial charge in [-0.3, -0.25) is 14.4 Å². The zero-order chi connectivity index (χ0) is 14.7. The number of Topliss-reactive ketones (excluding diaryl/α,β-unsaturated/α-hetero) is 1. The van der Waals surface area contributed by atoms with Crippen molar-refractivity contribution < 1.29 is 19.5 Å². The number of carbonyl (C=O) groups is 3. The summed E-state index contributed by atoms with van der Waals surface area (Å²) in [5, 5.41) is 8.82. The highest BCUT2D eigenvalue weighted by atomic mass is 16.4. The fourth-order valence-corrected chi connectivity index (χ4v) is 2.55. The Balaban J connectivity index is 2.04. The first-order chi connectivity index (χ1) is 9.47. The number of hydrogen-bond acceptors (Lipinski definition) is 3. The van der Waals surface area contributed by atoms with E-state index in [2.05, 4.69) is 4.98 Å². The van der Waals surface area contributed by atoms with Crippen molar-refractivity contribution in [2.24, 2.45) is 5.92 Å². The molecule has 2 heterocycles. The Bertz CT molecular complexity index is 535. The maximum absolute atomic E-state index is 12.3. The van der Waals surface area contributed by atoms with Gasteiger partial charge in [-0.1, -0.05) is 0 Å². The van der Waals surface area contributed by atoms with Crippen molar-refractivity contribution in [2.75, 3.05) is 13.1 Å². The number of nitrogens with zero attached hydrogens (tertiary/aromatic N) is 1. The average Bonchev–Trinajstić information content (AvgIpc) is 2.87. The summed E-state index contributed by atoms with van der Waals surface area (Å²) in [6.45, 7) is 2.53. The van der Waals surface area contributed by atoms with E-state index in [0.717, 1.165) is 12.8 Å². The molecule has 0 aliphatic carbocycles. The van der Waals surface area contributed by atoms with Crippen LogP contribution in [-0.2, 0) is 4.79 Å². The number of likely N-dealkylation sites (tertiary alicyclic amines) is 1. The average molecular weight is 278 g/mol.